The summed E-state index contributed by atoms with van der Waals surface area (Å²) in [4.78, 5) is 4.55. The molecule has 0 aromatic carbocycles. The van der Waals surface area contributed by atoms with Crippen molar-refractivity contribution in [3.63, 3.8) is 0 Å². The second kappa shape index (κ2) is 7.49. The lowest BCUT2D eigenvalue weighted by Crippen LogP contribution is -2.22. The smallest absolute Gasteiger partial charge is 0.214 e. The first-order chi connectivity index (χ1) is 8.92. The molecule has 1 rings (SSSR count). The van der Waals surface area contributed by atoms with E-state index < -0.39 is 0 Å². The first-order valence-corrected chi connectivity index (χ1v) is 7.32. The van der Waals surface area contributed by atoms with Crippen molar-refractivity contribution in [2.75, 3.05) is 0 Å². The van der Waals surface area contributed by atoms with Crippen LogP contribution in [0.2, 0.25) is 0 Å². The van der Waals surface area contributed by atoms with Crippen LogP contribution in [0.25, 0.3) is 0 Å². The summed E-state index contributed by atoms with van der Waals surface area (Å²) in [7, 11) is 0. The minimum absolute atomic E-state index is 0.186. The molecular weight excluding hydrogens is 236 g/mol. The maximum absolute atomic E-state index is 5.93. The Bertz CT molecular complexity index is 388. The number of rotatable bonds is 7. The van der Waals surface area contributed by atoms with Crippen LogP contribution in [0.3, 0.4) is 0 Å². The maximum atomic E-state index is 5.93. The van der Waals surface area contributed by atoms with Crippen molar-refractivity contribution in [1.29, 1.82) is 0 Å². The summed E-state index contributed by atoms with van der Waals surface area (Å²) in [5, 5.41) is 3.43. The minimum atomic E-state index is 0.186. The Kier molecular flexibility index (Phi) is 6.29. The molecule has 0 spiro atoms. The molecule has 1 unspecified atom stereocenters. The third-order valence-electron chi connectivity index (χ3n) is 3.24. The first-order valence-electron chi connectivity index (χ1n) is 7.32. The van der Waals surface area contributed by atoms with E-state index in [9.17, 15) is 0 Å². The molecule has 1 atom stereocenters. The summed E-state index contributed by atoms with van der Waals surface area (Å²) in [5.74, 6) is 1.24. The van der Waals surface area contributed by atoms with Crippen molar-refractivity contribution in [3.05, 3.63) is 23.4 Å². The zero-order valence-corrected chi connectivity index (χ0v) is 13.2. The summed E-state index contributed by atoms with van der Waals surface area (Å²) in [6, 6.07) is 4.69. The van der Waals surface area contributed by atoms with E-state index in [1.807, 2.05) is 6.07 Å². The SMILES string of the molecule is CCc1cc(CNC(C)C)cc(OC(C)C(C)C)n1. The lowest BCUT2D eigenvalue weighted by molar-refractivity contribution is 0.163. The lowest BCUT2D eigenvalue weighted by Gasteiger charge is -2.18. The van der Waals surface area contributed by atoms with Crippen LogP contribution in [-0.2, 0) is 13.0 Å². The quantitative estimate of drug-likeness (QED) is 0.817. The Labute approximate surface area is 117 Å². The molecule has 0 aliphatic heterocycles. The summed E-state index contributed by atoms with van der Waals surface area (Å²) >= 11 is 0. The molecule has 0 saturated carbocycles. The van der Waals surface area contributed by atoms with Gasteiger partial charge in [-0.15, -0.1) is 0 Å². The molecule has 0 amide bonds. The van der Waals surface area contributed by atoms with Crippen LogP contribution in [0, 0.1) is 5.92 Å². The number of hydrogen-bond donors (Lipinski definition) is 1. The molecule has 0 aliphatic carbocycles. The van der Waals surface area contributed by atoms with E-state index in [1.54, 1.807) is 0 Å². The van der Waals surface area contributed by atoms with Crippen molar-refractivity contribution in [3.8, 4) is 5.88 Å². The predicted molar refractivity (Wildman–Crippen MR) is 80.5 cm³/mol. The highest BCUT2D eigenvalue weighted by molar-refractivity contribution is 5.25. The van der Waals surface area contributed by atoms with E-state index in [-0.39, 0.29) is 6.10 Å². The van der Waals surface area contributed by atoms with Crippen LogP contribution in [0.4, 0.5) is 0 Å². The molecule has 0 bridgehead atoms. The second-order valence-corrected chi connectivity index (χ2v) is 5.76. The molecule has 3 nitrogen and oxygen atoms in total. The molecule has 19 heavy (non-hydrogen) atoms. The molecule has 3 heteroatoms. The Morgan fingerprint density at radius 3 is 2.37 bits per heavy atom. The Hall–Kier alpha value is -1.09. The third kappa shape index (κ3) is 5.60. The van der Waals surface area contributed by atoms with Crippen molar-refractivity contribution >= 4 is 0 Å². The van der Waals surface area contributed by atoms with Gasteiger partial charge in [0.1, 0.15) is 0 Å². The summed E-state index contributed by atoms with van der Waals surface area (Å²) in [6.45, 7) is 13.7. The highest BCUT2D eigenvalue weighted by atomic mass is 16.5. The molecule has 108 valence electrons. The fraction of sp³-hybridized carbons (Fsp3) is 0.688. The van der Waals surface area contributed by atoms with Gasteiger partial charge in [0.25, 0.3) is 0 Å². The third-order valence-corrected chi connectivity index (χ3v) is 3.24. The van der Waals surface area contributed by atoms with Gasteiger partial charge in [0.2, 0.25) is 5.88 Å². The van der Waals surface area contributed by atoms with Gasteiger partial charge in [-0.1, -0.05) is 34.6 Å². The van der Waals surface area contributed by atoms with Gasteiger partial charge >= 0.3 is 0 Å². The highest BCUT2D eigenvalue weighted by Gasteiger charge is 2.11. The summed E-state index contributed by atoms with van der Waals surface area (Å²) in [5.41, 5.74) is 2.33. The van der Waals surface area contributed by atoms with Gasteiger partial charge in [-0.2, -0.15) is 0 Å². The fourth-order valence-electron chi connectivity index (χ4n) is 1.61. The normalized spacial score (nSPS) is 13.1. The monoisotopic (exact) mass is 264 g/mol. The number of aryl methyl sites for hydroxylation is 1. The van der Waals surface area contributed by atoms with Gasteiger partial charge < -0.3 is 10.1 Å². The molecule has 1 heterocycles. The van der Waals surface area contributed by atoms with Gasteiger partial charge in [0.05, 0.1) is 6.10 Å². The molecule has 0 saturated heterocycles. The number of aromatic nitrogens is 1. The molecule has 1 aromatic heterocycles. The molecule has 0 radical (unpaired) electrons. The van der Waals surface area contributed by atoms with Crippen LogP contribution in [-0.4, -0.2) is 17.1 Å². The Morgan fingerprint density at radius 2 is 1.84 bits per heavy atom. The summed E-state index contributed by atoms with van der Waals surface area (Å²) < 4.78 is 5.93. The van der Waals surface area contributed by atoms with Crippen LogP contribution in [0.15, 0.2) is 12.1 Å². The highest BCUT2D eigenvalue weighted by Crippen LogP contribution is 2.17. The van der Waals surface area contributed by atoms with E-state index in [0.29, 0.717) is 12.0 Å². The van der Waals surface area contributed by atoms with E-state index in [2.05, 4.69) is 57.9 Å². The summed E-state index contributed by atoms with van der Waals surface area (Å²) in [6.07, 6.45) is 1.12. The minimum Gasteiger partial charge on any atom is -0.474 e. The fourth-order valence-corrected chi connectivity index (χ4v) is 1.61. The van der Waals surface area contributed by atoms with E-state index in [4.69, 9.17) is 4.74 Å². The standard InChI is InChI=1S/C16H28N2O/c1-7-15-8-14(10-17-12(4)5)9-16(18-15)19-13(6)11(2)3/h8-9,11-13,17H,7,10H2,1-6H3. The average molecular weight is 264 g/mol. The van der Waals surface area contributed by atoms with Crippen LogP contribution < -0.4 is 10.1 Å². The zero-order chi connectivity index (χ0) is 14.4. The Balaban J connectivity index is 2.82. The van der Waals surface area contributed by atoms with Crippen molar-refractivity contribution in [1.82, 2.24) is 10.3 Å². The second-order valence-electron chi connectivity index (χ2n) is 5.76. The van der Waals surface area contributed by atoms with Crippen LogP contribution in [0.5, 0.6) is 5.88 Å². The number of nitrogens with one attached hydrogen (secondary N) is 1. The lowest BCUT2D eigenvalue weighted by atomic mass is 10.1. The number of hydrogen-bond acceptors (Lipinski definition) is 3. The number of ether oxygens (including phenoxy) is 1. The first kappa shape index (κ1) is 16.0. The largest absolute Gasteiger partial charge is 0.474 e. The van der Waals surface area contributed by atoms with Gasteiger partial charge in [-0.3, -0.25) is 0 Å². The molecular formula is C16H28N2O. The average Bonchev–Trinajstić information content (AvgIpc) is 2.35. The van der Waals surface area contributed by atoms with E-state index in [1.165, 1.54) is 5.56 Å². The Morgan fingerprint density at radius 1 is 1.16 bits per heavy atom. The van der Waals surface area contributed by atoms with Crippen molar-refractivity contribution in [2.24, 2.45) is 5.92 Å². The predicted octanol–water partition coefficient (Wildman–Crippen LogP) is 3.57. The van der Waals surface area contributed by atoms with Gasteiger partial charge in [0.15, 0.2) is 0 Å². The molecule has 0 aliphatic rings. The molecule has 0 fully saturated rings. The maximum Gasteiger partial charge on any atom is 0.214 e. The molecule has 1 N–H and O–H groups in total. The number of pyridine rings is 1. The van der Waals surface area contributed by atoms with Crippen LogP contribution in [0.1, 0.15) is 52.8 Å². The van der Waals surface area contributed by atoms with E-state index >= 15 is 0 Å². The van der Waals surface area contributed by atoms with E-state index in [0.717, 1.165) is 24.5 Å². The topological polar surface area (TPSA) is 34.1 Å². The number of nitrogens with zero attached hydrogens (tertiary/aromatic N) is 1. The van der Waals surface area contributed by atoms with Gasteiger partial charge in [0, 0.05) is 24.3 Å². The van der Waals surface area contributed by atoms with Gasteiger partial charge in [-0.25, -0.2) is 4.98 Å². The van der Waals surface area contributed by atoms with Crippen molar-refractivity contribution < 1.29 is 4.74 Å². The van der Waals surface area contributed by atoms with Crippen LogP contribution >= 0.6 is 0 Å². The van der Waals surface area contributed by atoms with Gasteiger partial charge in [-0.05, 0) is 30.9 Å². The zero-order valence-electron chi connectivity index (χ0n) is 13.2. The molecule has 1 aromatic rings. The van der Waals surface area contributed by atoms with Crippen molar-refractivity contribution in [2.45, 2.75) is 66.7 Å².